The van der Waals surface area contributed by atoms with Crippen LogP contribution in [0.1, 0.15) is 329 Å². The zero-order valence-corrected chi connectivity index (χ0v) is 46.3. The van der Waals surface area contributed by atoms with Crippen molar-refractivity contribution >= 4 is 17.9 Å². The summed E-state index contributed by atoms with van der Waals surface area (Å²) in [5.41, 5.74) is 0. The molecule has 0 heterocycles. The molecule has 0 saturated carbocycles. The molecule has 1 unspecified atom stereocenters. The van der Waals surface area contributed by atoms with E-state index in [-0.39, 0.29) is 31.1 Å². The molecule has 0 aliphatic rings. The molecule has 0 aliphatic carbocycles. The van der Waals surface area contributed by atoms with Gasteiger partial charge < -0.3 is 14.2 Å². The first-order valence-electron chi connectivity index (χ1n) is 30.5. The molecule has 6 nitrogen and oxygen atoms in total. The van der Waals surface area contributed by atoms with Crippen molar-refractivity contribution in [1.29, 1.82) is 0 Å². The molecule has 69 heavy (non-hydrogen) atoms. The SMILES string of the molecule is CCCCCCCC/C=C\C/C=C\C/C=C\CCCC(=O)OCC(COC(=O)CCCCCCCCCCCCCCCCCCC)OC(=O)CCCCCCCCCCCCCCCCCCC. The number of ether oxygens (including phenoxy) is 3. The minimum Gasteiger partial charge on any atom is -0.462 e. The van der Waals surface area contributed by atoms with Gasteiger partial charge in [-0.15, -0.1) is 0 Å². The summed E-state index contributed by atoms with van der Waals surface area (Å²) >= 11 is 0. The van der Waals surface area contributed by atoms with Gasteiger partial charge in [0.1, 0.15) is 13.2 Å². The number of carbonyl (C=O) groups is 3. The van der Waals surface area contributed by atoms with E-state index >= 15 is 0 Å². The summed E-state index contributed by atoms with van der Waals surface area (Å²) in [7, 11) is 0. The zero-order valence-electron chi connectivity index (χ0n) is 46.3. The van der Waals surface area contributed by atoms with E-state index in [0.717, 1.165) is 57.8 Å². The summed E-state index contributed by atoms with van der Waals surface area (Å²) in [6, 6.07) is 0. The number of carbonyl (C=O) groups excluding carboxylic acids is 3. The minimum atomic E-state index is -0.788. The van der Waals surface area contributed by atoms with E-state index in [2.05, 4.69) is 57.2 Å². The van der Waals surface area contributed by atoms with Crippen LogP contribution in [-0.4, -0.2) is 37.2 Å². The van der Waals surface area contributed by atoms with Crippen LogP contribution in [0.4, 0.5) is 0 Å². The Bertz CT molecular complexity index is 1160. The highest BCUT2D eigenvalue weighted by atomic mass is 16.6. The molecule has 404 valence electrons. The van der Waals surface area contributed by atoms with Gasteiger partial charge in [0.15, 0.2) is 6.10 Å². The number of hydrogen-bond donors (Lipinski definition) is 0. The van der Waals surface area contributed by atoms with Gasteiger partial charge in [-0.25, -0.2) is 0 Å². The third-order valence-electron chi connectivity index (χ3n) is 13.6. The lowest BCUT2D eigenvalue weighted by molar-refractivity contribution is -0.167. The Balaban J connectivity index is 4.39. The Hall–Kier alpha value is -2.37. The molecule has 0 fully saturated rings. The van der Waals surface area contributed by atoms with E-state index in [1.165, 1.54) is 225 Å². The predicted molar refractivity (Wildman–Crippen MR) is 298 cm³/mol. The fraction of sp³-hybridized carbons (Fsp3) is 0.857. The summed E-state index contributed by atoms with van der Waals surface area (Å²) in [5.74, 6) is -0.914. The lowest BCUT2D eigenvalue weighted by atomic mass is 10.0. The molecule has 1 atom stereocenters. The normalized spacial score (nSPS) is 12.2. The molecule has 0 aromatic heterocycles. The lowest BCUT2D eigenvalue weighted by Crippen LogP contribution is -2.30. The van der Waals surface area contributed by atoms with Crippen LogP contribution in [0.3, 0.4) is 0 Å². The van der Waals surface area contributed by atoms with Gasteiger partial charge in [-0.05, 0) is 51.4 Å². The second-order valence-corrected chi connectivity index (χ2v) is 20.6. The molecule has 0 aromatic rings. The van der Waals surface area contributed by atoms with E-state index in [9.17, 15) is 14.4 Å². The maximum atomic E-state index is 12.9. The van der Waals surface area contributed by atoms with Crippen LogP contribution in [0.15, 0.2) is 36.5 Å². The van der Waals surface area contributed by atoms with Gasteiger partial charge in [0.2, 0.25) is 0 Å². The van der Waals surface area contributed by atoms with Crippen molar-refractivity contribution in [2.75, 3.05) is 13.2 Å². The number of unbranched alkanes of at least 4 members (excludes halogenated alkanes) is 39. The Labute approximate surface area is 429 Å². The van der Waals surface area contributed by atoms with Crippen LogP contribution >= 0.6 is 0 Å². The first-order chi connectivity index (χ1) is 34.0. The van der Waals surface area contributed by atoms with Crippen LogP contribution in [-0.2, 0) is 28.6 Å². The fourth-order valence-corrected chi connectivity index (χ4v) is 9.05. The highest BCUT2D eigenvalue weighted by Gasteiger charge is 2.19. The quantitative estimate of drug-likeness (QED) is 0.0261. The highest BCUT2D eigenvalue weighted by Crippen LogP contribution is 2.17. The monoisotopic (exact) mass is 969 g/mol. The van der Waals surface area contributed by atoms with Crippen molar-refractivity contribution in [3.05, 3.63) is 36.5 Å². The van der Waals surface area contributed by atoms with Gasteiger partial charge in [0.25, 0.3) is 0 Å². The number of rotatable bonds is 56. The number of allylic oxidation sites excluding steroid dienone is 6. The molecule has 0 spiro atoms. The van der Waals surface area contributed by atoms with Crippen molar-refractivity contribution in [2.24, 2.45) is 0 Å². The number of hydrogen-bond acceptors (Lipinski definition) is 6. The predicted octanol–water partition coefficient (Wildman–Crippen LogP) is 20.4. The molecule has 0 aliphatic heterocycles. The van der Waals surface area contributed by atoms with Gasteiger partial charge in [0.05, 0.1) is 0 Å². The molecule has 0 N–H and O–H groups in total. The van der Waals surface area contributed by atoms with Gasteiger partial charge >= 0.3 is 17.9 Å². The lowest BCUT2D eigenvalue weighted by Gasteiger charge is -2.18. The molecule has 0 aromatic carbocycles. The molecule has 0 radical (unpaired) electrons. The van der Waals surface area contributed by atoms with Crippen molar-refractivity contribution in [1.82, 2.24) is 0 Å². The largest absolute Gasteiger partial charge is 0.462 e. The molecule has 0 saturated heterocycles. The zero-order chi connectivity index (χ0) is 50.0. The van der Waals surface area contributed by atoms with Crippen molar-refractivity contribution in [3.63, 3.8) is 0 Å². The van der Waals surface area contributed by atoms with Gasteiger partial charge in [-0.3, -0.25) is 14.4 Å². The Morgan fingerprint density at radius 2 is 0.536 bits per heavy atom. The van der Waals surface area contributed by atoms with E-state index < -0.39 is 6.10 Å². The third-order valence-corrected chi connectivity index (χ3v) is 13.6. The maximum Gasteiger partial charge on any atom is 0.306 e. The second-order valence-electron chi connectivity index (χ2n) is 20.6. The van der Waals surface area contributed by atoms with E-state index in [0.29, 0.717) is 25.7 Å². The fourth-order valence-electron chi connectivity index (χ4n) is 9.05. The first-order valence-corrected chi connectivity index (χ1v) is 30.5. The summed E-state index contributed by atoms with van der Waals surface area (Å²) in [6.07, 6.45) is 70.0. The van der Waals surface area contributed by atoms with Gasteiger partial charge in [-0.1, -0.05) is 295 Å². The smallest absolute Gasteiger partial charge is 0.306 e. The Kier molecular flexibility index (Phi) is 56.2. The van der Waals surface area contributed by atoms with Gasteiger partial charge in [-0.2, -0.15) is 0 Å². The Morgan fingerprint density at radius 1 is 0.290 bits per heavy atom. The van der Waals surface area contributed by atoms with Crippen molar-refractivity contribution in [3.8, 4) is 0 Å². The standard InChI is InChI=1S/C63H116O6/c1-4-7-10-13-16-19-22-25-28-31-34-37-40-43-46-49-52-55-61(64)67-58-60(69-63(66)57-54-51-48-45-42-39-36-33-30-27-24-21-18-15-12-9-6-3)59-68-62(65)56-53-50-47-44-41-38-35-32-29-26-23-20-17-14-11-8-5-2/h25,28,34,37,43,46,60H,4-24,26-27,29-33,35-36,38-42,44-45,47-59H2,1-3H3/b28-25-,37-34-,46-43-. The second kappa shape index (κ2) is 58.2. The maximum absolute atomic E-state index is 12.9. The average molecular weight is 970 g/mol. The van der Waals surface area contributed by atoms with Crippen LogP contribution in [0.25, 0.3) is 0 Å². The first kappa shape index (κ1) is 66.6. The topological polar surface area (TPSA) is 78.9 Å². The van der Waals surface area contributed by atoms with E-state index in [4.69, 9.17) is 14.2 Å². The van der Waals surface area contributed by atoms with Crippen LogP contribution < -0.4 is 0 Å². The molecule has 0 bridgehead atoms. The third kappa shape index (κ3) is 56.4. The van der Waals surface area contributed by atoms with Crippen LogP contribution in [0.2, 0.25) is 0 Å². The van der Waals surface area contributed by atoms with Crippen LogP contribution in [0.5, 0.6) is 0 Å². The summed E-state index contributed by atoms with van der Waals surface area (Å²) in [4.78, 5) is 38.2. The summed E-state index contributed by atoms with van der Waals surface area (Å²) in [5, 5.41) is 0. The Morgan fingerprint density at radius 3 is 0.870 bits per heavy atom. The highest BCUT2D eigenvalue weighted by molar-refractivity contribution is 5.71. The number of esters is 3. The summed E-state index contributed by atoms with van der Waals surface area (Å²) < 4.78 is 16.9. The molecule has 0 amide bonds. The molecule has 6 heteroatoms. The summed E-state index contributed by atoms with van der Waals surface area (Å²) in [6.45, 7) is 6.65. The van der Waals surface area contributed by atoms with Crippen LogP contribution in [0, 0.1) is 0 Å². The molecular weight excluding hydrogens is 853 g/mol. The van der Waals surface area contributed by atoms with E-state index in [1.807, 2.05) is 0 Å². The van der Waals surface area contributed by atoms with Gasteiger partial charge in [0, 0.05) is 19.3 Å². The van der Waals surface area contributed by atoms with Crippen molar-refractivity contribution in [2.45, 2.75) is 335 Å². The molecular formula is C63H116O6. The van der Waals surface area contributed by atoms with Crippen molar-refractivity contribution < 1.29 is 28.6 Å². The molecule has 0 rings (SSSR count). The average Bonchev–Trinajstić information content (AvgIpc) is 3.35. The van der Waals surface area contributed by atoms with E-state index in [1.54, 1.807) is 0 Å². The minimum absolute atomic E-state index is 0.0823.